The first-order valence-corrected chi connectivity index (χ1v) is 10.9. The first-order chi connectivity index (χ1) is 13.7. The molecular weight excluding hydrogens is 398 g/mol. The molecule has 1 N–H and O–H groups in total. The number of hydrogen-bond acceptors (Lipinski definition) is 7. The van der Waals surface area contributed by atoms with E-state index in [9.17, 15) is 18.0 Å². The minimum absolute atomic E-state index is 0.109. The van der Waals surface area contributed by atoms with Gasteiger partial charge in [-0.3, -0.25) is 4.79 Å². The molecule has 2 aromatic rings. The smallest absolute Gasteiger partial charge is 0.338 e. The number of rotatable bonds is 7. The average molecular weight is 419 g/mol. The van der Waals surface area contributed by atoms with Crippen LogP contribution in [0.5, 0.6) is 11.5 Å². The summed E-state index contributed by atoms with van der Waals surface area (Å²) in [5.74, 6) is 0.0553. The zero-order valence-electron chi connectivity index (χ0n) is 16.0. The van der Waals surface area contributed by atoms with Crippen LogP contribution in [0.1, 0.15) is 34.5 Å². The average Bonchev–Trinajstić information content (AvgIpc) is 3.13. The second-order valence-corrected chi connectivity index (χ2v) is 8.89. The Balaban J connectivity index is 1.50. The number of nitrogens with one attached hydrogen (secondary N) is 1. The quantitative estimate of drug-likeness (QED) is 0.684. The molecule has 1 aliphatic rings. The molecule has 3 rings (SSSR count). The molecule has 0 radical (unpaired) electrons. The monoisotopic (exact) mass is 419 g/mol. The van der Waals surface area contributed by atoms with Gasteiger partial charge in [-0.1, -0.05) is 18.2 Å². The summed E-state index contributed by atoms with van der Waals surface area (Å²) in [4.78, 5) is 24.2. The van der Waals surface area contributed by atoms with Crippen LogP contribution in [0.15, 0.2) is 42.5 Å². The van der Waals surface area contributed by atoms with Crippen LogP contribution < -0.4 is 14.8 Å². The normalized spacial score (nSPS) is 13.6. The molecule has 154 valence electrons. The van der Waals surface area contributed by atoms with Crippen LogP contribution in [0, 0.1) is 0 Å². The van der Waals surface area contributed by atoms with Gasteiger partial charge in [-0.25, -0.2) is 13.2 Å². The van der Waals surface area contributed by atoms with Gasteiger partial charge in [0.25, 0.3) is 5.91 Å². The standard InChI is InChI=1S/C20H21NO7S/c1-13(16-7-8-17-18(9-16)28-12-27-17)21-19(22)10-26-20(23)15-5-3-14(4-6-15)11-29(2,24)25/h3-9,13H,10-12H2,1-2H3,(H,21,22)/t13-/m0/s1. The number of carbonyl (C=O) groups excluding carboxylic acids is 2. The van der Waals surface area contributed by atoms with Crippen LogP contribution >= 0.6 is 0 Å². The van der Waals surface area contributed by atoms with E-state index in [4.69, 9.17) is 14.2 Å². The van der Waals surface area contributed by atoms with Gasteiger partial charge in [0, 0.05) is 6.26 Å². The second-order valence-electron chi connectivity index (χ2n) is 6.75. The van der Waals surface area contributed by atoms with Crippen LogP contribution in [-0.4, -0.2) is 39.9 Å². The van der Waals surface area contributed by atoms with Crippen molar-refractivity contribution in [3.05, 3.63) is 59.2 Å². The number of ether oxygens (including phenoxy) is 3. The van der Waals surface area contributed by atoms with Crippen LogP contribution in [0.3, 0.4) is 0 Å². The fraction of sp³-hybridized carbons (Fsp3) is 0.300. The summed E-state index contributed by atoms with van der Waals surface area (Å²) in [6.07, 6.45) is 1.14. The van der Waals surface area contributed by atoms with Gasteiger partial charge in [-0.05, 0) is 42.3 Å². The van der Waals surface area contributed by atoms with E-state index in [1.165, 1.54) is 12.1 Å². The maximum atomic E-state index is 12.1. The highest BCUT2D eigenvalue weighted by atomic mass is 32.2. The summed E-state index contributed by atoms with van der Waals surface area (Å²) in [6.45, 7) is 1.54. The SMILES string of the molecule is C[C@H](NC(=O)COC(=O)c1ccc(CS(C)(=O)=O)cc1)c1ccc2c(c1)OCO2. The lowest BCUT2D eigenvalue weighted by Crippen LogP contribution is -2.31. The summed E-state index contributed by atoms with van der Waals surface area (Å²) in [5.41, 5.74) is 1.63. The Kier molecular flexibility index (Phi) is 6.07. The van der Waals surface area contributed by atoms with Gasteiger partial charge in [0.15, 0.2) is 27.9 Å². The van der Waals surface area contributed by atoms with Crippen LogP contribution in [0.2, 0.25) is 0 Å². The number of esters is 1. The van der Waals surface area contributed by atoms with Gasteiger partial charge in [-0.2, -0.15) is 0 Å². The maximum absolute atomic E-state index is 12.1. The third-order valence-corrected chi connectivity index (χ3v) is 5.08. The molecule has 1 atom stereocenters. The highest BCUT2D eigenvalue weighted by Gasteiger charge is 2.18. The van der Waals surface area contributed by atoms with Crippen LogP contribution in [-0.2, 0) is 25.1 Å². The van der Waals surface area contributed by atoms with Gasteiger partial charge in [-0.15, -0.1) is 0 Å². The van der Waals surface area contributed by atoms with Crippen molar-refractivity contribution in [2.45, 2.75) is 18.7 Å². The number of amides is 1. The van der Waals surface area contributed by atoms with E-state index in [0.717, 1.165) is 11.8 Å². The van der Waals surface area contributed by atoms with E-state index in [0.29, 0.717) is 17.1 Å². The van der Waals surface area contributed by atoms with Gasteiger partial charge >= 0.3 is 5.97 Å². The summed E-state index contributed by atoms with van der Waals surface area (Å²) in [7, 11) is -3.15. The van der Waals surface area contributed by atoms with E-state index in [-0.39, 0.29) is 24.2 Å². The number of fused-ring (bicyclic) bond motifs is 1. The summed E-state index contributed by atoms with van der Waals surface area (Å²) < 4.78 is 38.2. The van der Waals surface area contributed by atoms with Crippen molar-refractivity contribution in [3.8, 4) is 11.5 Å². The minimum Gasteiger partial charge on any atom is -0.454 e. The third-order valence-electron chi connectivity index (χ3n) is 4.23. The fourth-order valence-electron chi connectivity index (χ4n) is 2.80. The summed E-state index contributed by atoms with van der Waals surface area (Å²) in [5, 5.41) is 2.75. The molecule has 1 amide bonds. The van der Waals surface area contributed by atoms with E-state index >= 15 is 0 Å². The molecule has 0 spiro atoms. The molecule has 9 heteroatoms. The Morgan fingerprint density at radius 3 is 2.48 bits per heavy atom. The van der Waals surface area contributed by atoms with Crippen molar-refractivity contribution in [2.24, 2.45) is 0 Å². The Labute approximate surface area is 168 Å². The molecule has 0 saturated heterocycles. The Morgan fingerprint density at radius 2 is 1.79 bits per heavy atom. The molecule has 0 unspecified atom stereocenters. The minimum atomic E-state index is -3.15. The van der Waals surface area contributed by atoms with Gasteiger partial charge < -0.3 is 19.5 Å². The molecule has 0 aliphatic carbocycles. The summed E-state index contributed by atoms with van der Waals surface area (Å²) in [6, 6.07) is 11.1. The molecule has 29 heavy (non-hydrogen) atoms. The lowest BCUT2D eigenvalue weighted by molar-refractivity contribution is -0.124. The largest absolute Gasteiger partial charge is 0.454 e. The first-order valence-electron chi connectivity index (χ1n) is 8.84. The van der Waals surface area contributed by atoms with Crippen molar-refractivity contribution in [1.29, 1.82) is 0 Å². The highest BCUT2D eigenvalue weighted by molar-refractivity contribution is 7.89. The van der Waals surface area contributed by atoms with Crippen molar-refractivity contribution in [1.82, 2.24) is 5.32 Å². The predicted octanol–water partition coefficient (Wildman–Crippen LogP) is 1.99. The van der Waals surface area contributed by atoms with Crippen LogP contribution in [0.4, 0.5) is 0 Å². The Hall–Kier alpha value is -3.07. The van der Waals surface area contributed by atoms with Gasteiger partial charge in [0.05, 0.1) is 17.4 Å². The molecule has 2 aromatic carbocycles. The summed E-state index contributed by atoms with van der Waals surface area (Å²) >= 11 is 0. The number of hydrogen-bond donors (Lipinski definition) is 1. The predicted molar refractivity (Wildman–Crippen MR) is 104 cm³/mol. The molecule has 1 heterocycles. The zero-order valence-corrected chi connectivity index (χ0v) is 16.8. The van der Waals surface area contributed by atoms with E-state index in [1.54, 1.807) is 31.2 Å². The molecule has 1 aliphatic heterocycles. The van der Waals surface area contributed by atoms with E-state index in [2.05, 4.69) is 5.32 Å². The lowest BCUT2D eigenvalue weighted by atomic mass is 10.1. The van der Waals surface area contributed by atoms with Crippen molar-refractivity contribution < 1.29 is 32.2 Å². The second kappa shape index (κ2) is 8.52. The van der Waals surface area contributed by atoms with Gasteiger partial charge in [0.1, 0.15) is 0 Å². The van der Waals surface area contributed by atoms with Gasteiger partial charge in [0.2, 0.25) is 6.79 Å². The highest BCUT2D eigenvalue weighted by Crippen LogP contribution is 2.34. The molecule has 0 fully saturated rings. The van der Waals surface area contributed by atoms with E-state index < -0.39 is 28.3 Å². The topological polar surface area (TPSA) is 108 Å². The van der Waals surface area contributed by atoms with Crippen molar-refractivity contribution >= 4 is 21.7 Å². The van der Waals surface area contributed by atoms with Crippen molar-refractivity contribution in [3.63, 3.8) is 0 Å². The number of carbonyl (C=O) groups is 2. The zero-order chi connectivity index (χ0) is 21.0. The van der Waals surface area contributed by atoms with Crippen LogP contribution in [0.25, 0.3) is 0 Å². The maximum Gasteiger partial charge on any atom is 0.338 e. The first kappa shape index (κ1) is 20.7. The fourth-order valence-corrected chi connectivity index (χ4v) is 3.60. The van der Waals surface area contributed by atoms with Crippen molar-refractivity contribution in [2.75, 3.05) is 19.7 Å². The van der Waals surface area contributed by atoms with E-state index in [1.807, 2.05) is 6.07 Å². The number of sulfone groups is 1. The Morgan fingerprint density at radius 1 is 1.10 bits per heavy atom. The molecule has 8 nitrogen and oxygen atoms in total. The molecular formula is C20H21NO7S. The molecule has 0 bridgehead atoms. The molecule has 0 aromatic heterocycles. The number of benzene rings is 2. The lowest BCUT2D eigenvalue weighted by Gasteiger charge is -2.15. The molecule has 0 saturated carbocycles. The third kappa shape index (κ3) is 5.71. The Bertz CT molecular complexity index is 1020.